The van der Waals surface area contributed by atoms with Gasteiger partial charge in [-0.15, -0.1) is 0 Å². The van der Waals surface area contributed by atoms with Gasteiger partial charge in [0.1, 0.15) is 5.75 Å². The smallest absolute Gasteiger partial charge is 0.138 e. The molecule has 0 saturated heterocycles. The molecule has 2 rings (SSSR count). The largest absolute Gasteiger partial charge is 0.489 e. The molecular weight excluding hydrogens is 305 g/mol. The molecule has 0 radical (unpaired) electrons. The van der Waals surface area contributed by atoms with Gasteiger partial charge < -0.3 is 4.74 Å². The molecule has 2 aromatic carbocycles. The van der Waals surface area contributed by atoms with Gasteiger partial charge in [-0.2, -0.15) is 0 Å². The zero-order chi connectivity index (χ0) is 15.2. The van der Waals surface area contributed by atoms with Gasteiger partial charge in [-0.3, -0.25) is 4.99 Å². The quantitative estimate of drug-likeness (QED) is 0.626. The average molecular weight is 322 g/mol. The fourth-order valence-corrected chi connectivity index (χ4v) is 2.11. The van der Waals surface area contributed by atoms with Crippen molar-refractivity contribution in [3.05, 3.63) is 58.1 Å². The van der Waals surface area contributed by atoms with Crippen LogP contribution in [0.25, 0.3) is 0 Å². The summed E-state index contributed by atoms with van der Waals surface area (Å²) in [4.78, 5) is 4.37. The number of para-hydroxylation sites is 1. The average Bonchev–Trinajstić information content (AvgIpc) is 2.48. The lowest BCUT2D eigenvalue weighted by Crippen LogP contribution is -2.09. The Labute approximate surface area is 135 Å². The van der Waals surface area contributed by atoms with Crippen molar-refractivity contribution in [2.24, 2.45) is 4.99 Å². The van der Waals surface area contributed by atoms with Gasteiger partial charge in [-0.1, -0.05) is 42.3 Å². The molecule has 0 aliphatic rings. The number of ether oxygens (including phenoxy) is 1. The molecule has 0 amide bonds. The Hall–Kier alpha value is -1.51. The standard InChI is InChI=1S/C17H17Cl2NO/c1-3-12(2)21-17-9-8-13(10-15(17)19)11-20-16-7-5-4-6-14(16)18/h4-12H,3H2,1-2H3/t12-/m0/s1. The molecule has 0 fully saturated rings. The number of nitrogens with zero attached hydrogens (tertiary/aromatic N) is 1. The summed E-state index contributed by atoms with van der Waals surface area (Å²) in [6.07, 6.45) is 2.82. The third-order valence-corrected chi connectivity index (χ3v) is 3.68. The fourth-order valence-electron chi connectivity index (χ4n) is 1.69. The lowest BCUT2D eigenvalue weighted by atomic mass is 10.2. The van der Waals surface area contributed by atoms with Crippen LogP contribution < -0.4 is 4.74 Å². The van der Waals surface area contributed by atoms with Crippen LogP contribution in [0.15, 0.2) is 47.5 Å². The van der Waals surface area contributed by atoms with Gasteiger partial charge in [0.15, 0.2) is 0 Å². The van der Waals surface area contributed by atoms with Crippen molar-refractivity contribution in [1.29, 1.82) is 0 Å². The summed E-state index contributed by atoms with van der Waals surface area (Å²) < 4.78 is 5.73. The molecule has 0 bridgehead atoms. The highest BCUT2D eigenvalue weighted by atomic mass is 35.5. The molecule has 0 unspecified atom stereocenters. The second-order valence-corrected chi connectivity index (χ2v) is 5.55. The molecule has 0 N–H and O–H groups in total. The molecule has 2 nitrogen and oxygen atoms in total. The SMILES string of the molecule is CC[C@H](C)Oc1ccc(C=Nc2ccccc2Cl)cc1Cl. The van der Waals surface area contributed by atoms with Crippen LogP contribution in [0.5, 0.6) is 5.75 Å². The lowest BCUT2D eigenvalue weighted by molar-refractivity contribution is 0.217. The van der Waals surface area contributed by atoms with E-state index < -0.39 is 0 Å². The van der Waals surface area contributed by atoms with Crippen molar-refractivity contribution in [3.63, 3.8) is 0 Å². The minimum absolute atomic E-state index is 0.144. The van der Waals surface area contributed by atoms with Crippen molar-refractivity contribution in [2.45, 2.75) is 26.4 Å². The zero-order valence-electron chi connectivity index (χ0n) is 12.0. The molecule has 110 valence electrons. The van der Waals surface area contributed by atoms with E-state index in [0.29, 0.717) is 15.8 Å². The van der Waals surface area contributed by atoms with Crippen LogP contribution in [-0.2, 0) is 0 Å². The Morgan fingerprint density at radius 1 is 1.14 bits per heavy atom. The third-order valence-electron chi connectivity index (χ3n) is 3.06. The molecule has 4 heteroatoms. The first kappa shape index (κ1) is 15.9. The Balaban J connectivity index is 2.15. The maximum atomic E-state index is 6.23. The molecule has 0 saturated carbocycles. The highest BCUT2D eigenvalue weighted by molar-refractivity contribution is 6.33. The summed E-state index contributed by atoms with van der Waals surface area (Å²) in [7, 11) is 0. The maximum Gasteiger partial charge on any atom is 0.138 e. The van der Waals surface area contributed by atoms with E-state index in [1.165, 1.54) is 0 Å². The monoisotopic (exact) mass is 321 g/mol. The van der Waals surface area contributed by atoms with Crippen molar-refractivity contribution < 1.29 is 4.74 Å². The van der Waals surface area contributed by atoms with Crippen LogP contribution in [0.4, 0.5) is 5.69 Å². The maximum absolute atomic E-state index is 6.23. The fraction of sp³-hybridized carbons (Fsp3) is 0.235. The van der Waals surface area contributed by atoms with Crippen molar-refractivity contribution in [3.8, 4) is 5.75 Å². The summed E-state index contributed by atoms with van der Waals surface area (Å²) in [5.41, 5.74) is 1.63. The number of hydrogen-bond donors (Lipinski definition) is 0. The van der Waals surface area contributed by atoms with E-state index in [1.807, 2.05) is 49.4 Å². The predicted octanol–water partition coefficient (Wildman–Crippen LogP) is 5.92. The van der Waals surface area contributed by atoms with Gasteiger partial charge in [0, 0.05) is 6.21 Å². The van der Waals surface area contributed by atoms with E-state index in [1.54, 1.807) is 6.21 Å². The minimum Gasteiger partial charge on any atom is -0.489 e. The van der Waals surface area contributed by atoms with Crippen LogP contribution in [0.2, 0.25) is 10.0 Å². The first-order valence-electron chi connectivity index (χ1n) is 6.85. The Morgan fingerprint density at radius 2 is 1.90 bits per heavy atom. The summed E-state index contributed by atoms with van der Waals surface area (Å²) in [6, 6.07) is 13.1. The Morgan fingerprint density at radius 3 is 2.57 bits per heavy atom. The van der Waals surface area contributed by atoms with Crippen LogP contribution >= 0.6 is 23.2 Å². The van der Waals surface area contributed by atoms with Gasteiger partial charge >= 0.3 is 0 Å². The molecule has 2 aromatic rings. The van der Waals surface area contributed by atoms with E-state index in [0.717, 1.165) is 17.7 Å². The first-order valence-corrected chi connectivity index (χ1v) is 7.60. The molecule has 0 aliphatic heterocycles. The van der Waals surface area contributed by atoms with E-state index in [2.05, 4.69) is 11.9 Å². The first-order chi connectivity index (χ1) is 10.1. The summed E-state index contributed by atoms with van der Waals surface area (Å²) in [5.74, 6) is 0.695. The van der Waals surface area contributed by atoms with Gasteiger partial charge in [0.2, 0.25) is 0 Å². The number of aliphatic imine (C=N–C) groups is 1. The molecular formula is C17H17Cl2NO. The highest BCUT2D eigenvalue weighted by Crippen LogP contribution is 2.27. The van der Waals surface area contributed by atoms with Crippen LogP contribution in [0.3, 0.4) is 0 Å². The van der Waals surface area contributed by atoms with Crippen molar-refractivity contribution >= 4 is 35.1 Å². The van der Waals surface area contributed by atoms with E-state index in [9.17, 15) is 0 Å². The van der Waals surface area contributed by atoms with E-state index in [4.69, 9.17) is 27.9 Å². The number of rotatable bonds is 5. The van der Waals surface area contributed by atoms with Gasteiger partial charge in [0.05, 0.1) is 21.8 Å². The van der Waals surface area contributed by atoms with Gasteiger partial charge in [0.25, 0.3) is 0 Å². The Bertz CT molecular complexity index is 640. The second-order valence-electron chi connectivity index (χ2n) is 4.74. The van der Waals surface area contributed by atoms with E-state index in [-0.39, 0.29) is 6.10 Å². The Kier molecular flexibility index (Phi) is 5.66. The number of benzene rings is 2. The van der Waals surface area contributed by atoms with Gasteiger partial charge in [-0.25, -0.2) is 0 Å². The number of halogens is 2. The van der Waals surface area contributed by atoms with Crippen LogP contribution in [-0.4, -0.2) is 12.3 Å². The molecule has 21 heavy (non-hydrogen) atoms. The molecule has 0 aromatic heterocycles. The normalized spacial score (nSPS) is 12.6. The summed E-state index contributed by atoms with van der Waals surface area (Å²) >= 11 is 12.3. The highest BCUT2D eigenvalue weighted by Gasteiger charge is 2.06. The summed E-state index contributed by atoms with van der Waals surface area (Å²) in [5, 5.41) is 1.20. The summed E-state index contributed by atoms with van der Waals surface area (Å²) in [6.45, 7) is 4.09. The molecule has 0 aliphatic carbocycles. The molecule has 1 atom stereocenters. The predicted molar refractivity (Wildman–Crippen MR) is 90.5 cm³/mol. The number of hydrogen-bond acceptors (Lipinski definition) is 2. The minimum atomic E-state index is 0.144. The molecule has 0 heterocycles. The van der Waals surface area contributed by atoms with Gasteiger partial charge in [-0.05, 0) is 49.2 Å². The van der Waals surface area contributed by atoms with Crippen LogP contribution in [0, 0.1) is 0 Å². The third kappa shape index (κ3) is 4.48. The second kappa shape index (κ2) is 7.48. The van der Waals surface area contributed by atoms with Crippen molar-refractivity contribution in [2.75, 3.05) is 0 Å². The van der Waals surface area contributed by atoms with Crippen molar-refractivity contribution in [1.82, 2.24) is 0 Å². The van der Waals surface area contributed by atoms with Crippen LogP contribution in [0.1, 0.15) is 25.8 Å². The topological polar surface area (TPSA) is 21.6 Å². The molecule has 0 spiro atoms. The zero-order valence-corrected chi connectivity index (χ0v) is 13.5. The van der Waals surface area contributed by atoms with E-state index >= 15 is 0 Å². The lowest BCUT2D eigenvalue weighted by Gasteiger charge is -2.13.